The highest BCUT2D eigenvalue weighted by atomic mass is 79.9. The van der Waals surface area contributed by atoms with Crippen molar-refractivity contribution in [1.82, 2.24) is 0 Å². The molecule has 0 amide bonds. The molecule has 98 valence electrons. The number of benzene rings is 1. The number of Topliss-reactive ketones (excluding diaryl/α,β-unsaturated/α-hetero) is 1. The molecular weight excluding hydrogens is 314 g/mol. The van der Waals surface area contributed by atoms with E-state index in [1.54, 1.807) is 7.05 Å². The molecule has 0 saturated heterocycles. The topological polar surface area (TPSA) is 29.4 Å². The fourth-order valence-electron chi connectivity index (χ4n) is 2.55. The van der Waals surface area contributed by atoms with Gasteiger partial charge in [0.2, 0.25) is 0 Å². The molecule has 0 aromatic heterocycles. The molecule has 0 heterocycles. The molecule has 0 aliphatic heterocycles. The molecule has 0 fully saturated rings. The Hall–Kier alpha value is -2.00. The maximum atomic E-state index is 12.3. The second-order valence-electron chi connectivity index (χ2n) is 4.61. The van der Waals surface area contributed by atoms with E-state index in [1.807, 2.05) is 42.5 Å². The number of allylic oxidation sites excluding steroid dienone is 7. The summed E-state index contributed by atoms with van der Waals surface area (Å²) in [6.45, 7) is 3.97. The van der Waals surface area contributed by atoms with E-state index in [9.17, 15) is 4.79 Å². The number of aliphatic imine (C=N–C) groups is 1. The van der Waals surface area contributed by atoms with Gasteiger partial charge >= 0.3 is 0 Å². The lowest BCUT2D eigenvalue weighted by molar-refractivity contribution is 0.104. The van der Waals surface area contributed by atoms with Crippen LogP contribution < -0.4 is 0 Å². The van der Waals surface area contributed by atoms with E-state index < -0.39 is 0 Å². The summed E-state index contributed by atoms with van der Waals surface area (Å²) in [5.74, 6) is -0.00220. The second-order valence-corrected chi connectivity index (χ2v) is 5.53. The Morgan fingerprint density at radius 2 is 1.85 bits per heavy atom. The normalized spacial score (nSPS) is 23.3. The lowest BCUT2D eigenvalue weighted by atomic mass is 9.93. The van der Waals surface area contributed by atoms with Crippen LogP contribution in [0.3, 0.4) is 0 Å². The minimum Gasteiger partial charge on any atom is -0.289 e. The number of carbonyl (C=O) groups is 1. The molecule has 2 aliphatic carbocycles. The van der Waals surface area contributed by atoms with Crippen molar-refractivity contribution in [2.24, 2.45) is 4.99 Å². The first-order valence-corrected chi connectivity index (χ1v) is 7.03. The van der Waals surface area contributed by atoms with Crippen LogP contribution in [-0.4, -0.2) is 18.5 Å². The van der Waals surface area contributed by atoms with Crippen molar-refractivity contribution in [3.8, 4) is 0 Å². The van der Waals surface area contributed by atoms with Crippen LogP contribution in [0, 0.1) is 0 Å². The van der Waals surface area contributed by atoms with Crippen LogP contribution in [0.2, 0.25) is 0 Å². The Morgan fingerprint density at radius 3 is 2.55 bits per heavy atom. The van der Waals surface area contributed by atoms with Crippen molar-refractivity contribution in [2.75, 3.05) is 7.05 Å². The largest absolute Gasteiger partial charge is 0.289 e. The summed E-state index contributed by atoms with van der Waals surface area (Å²) in [6.07, 6.45) is 5.86. The molecule has 20 heavy (non-hydrogen) atoms. The summed E-state index contributed by atoms with van der Waals surface area (Å²) in [4.78, 5) is 16.6. The monoisotopic (exact) mass is 325 g/mol. The molecule has 0 atom stereocenters. The summed E-state index contributed by atoms with van der Waals surface area (Å²) in [5, 5.41) is 0. The zero-order valence-electron chi connectivity index (χ0n) is 11.0. The Bertz CT molecular complexity index is 763. The van der Waals surface area contributed by atoms with Crippen LogP contribution in [0.15, 0.2) is 69.7 Å². The Labute approximate surface area is 126 Å². The Morgan fingerprint density at radius 1 is 1.15 bits per heavy atom. The molecule has 3 heteroatoms. The van der Waals surface area contributed by atoms with E-state index in [4.69, 9.17) is 0 Å². The van der Waals surface area contributed by atoms with Crippen LogP contribution in [-0.2, 0) is 0 Å². The van der Waals surface area contributed by atoms with E-state index >= 15 is 0 Å². The van der Waals surface area contributed by atoms with E-state index in [0.717, 1.165) is 32.5 Å². The van der Waals surface area contributed by atoms with Gasteiger partial charge in [0.05, 0.1) is 5.71 Å². The smallest absolute Gasteiger partial charge is 0.193 e. The lowest BCUT2D eigenvalue weighted by Crippen LogP contribution is -2.05. The summed E-state index contributed by atoms with van der Waals surface area (Å²) in [7, 11) is 1.75. The van der Waals surface area contributed by atoms with Crippen LogP contribution in [0.1, 0.15) is 15.9 Å². The summed E-state index contributed by atoms with van der Waals surface area (Å²) in [5.41, 5.74) is 4.86. The molecule has 0 N–H and O–H groups in total. The standard InChI is InChI=1S/C17H12BrNO/c1-10-16(12-5-3-4-6-13(12)17(10)20)14-9-11(18)7-8-15(14)19-2/h3-9H,1H2,2H3/b16-14+,19-15?. The van der Waals surface area contributed by atoms with E-state index in [1.165, 1.54) is 0 Å². The fraction of sp³-hybridized carbons (Fsp3) is 0.0588. The SMILES string of the molecule is C=C1C(=O)c2ccccc2/C1=C1\C=C(Br)C=CC1=NC. The number of nitrogens with zero attached hydrogens (tertiary/aromatic N) is 1. The molecular formula is C17H12BrNO. The number of ketones is 1. The fourth-order valence-corrected chi connectivity index (χ4v) is 2.91. The van der Waals surface area contributed by atoms with Gasteiger partial charge in [-0.25, -0.2) is 0 Å². The molecule has 3 rings (SSSR count). The van der Waals surface area contributed by atoms with Gasteiger partial charge in [-0.3, -0.25) is 9.79 Å². The Balaban J connectivity index is 2.34. The van der Waals surface area contributed by atoms with Crippen molar-refractivity contribution in [2.45, 2.75) is 0 Å². The minimum atomic E-state index is -0.00220. The number of fused-ring (bicyclic) bond motifs is 1. The van der Waals surface area contributed by atoms with Gasteiger partial charge in [0.1, 0.15) is 0 Å². The molecule has 0 radical (unpaired) electrons. The van der Waals surface area contributed by atoms with E-state index in [2.05, 4.69) is 27.5 Å². The van der Waals surface area contributed by atoms with Gasteiger partial charge in [0.25, 0.3) is 0 Å². The lowest BCUT2D eigenvalue weighted by Gasteiger charge is -2.13. The number of hydrogen-bond acceptors (Lipinski definition) is 2. The van der Waals surface area contributed by atoms with Gasteiger partial charge in [-0.1, -0.05) is 46.8 Å². The first-order valence-electron chi connectivity index (χ1n) is 6.23. The van der Waals surface area contributed by atoms with Gasteiger partial charge in [-0.15, -0.1) is 0 Å². The van der Waals surface area contributed by atoms with Gasteiger partial charge in [-0.2, -0.15) is 0 Å². The molecule has 1 aromatic rings. The molecule has 0 unspecified atom stereocenters. The van der Waals surface area contributed by atoms with Crippen molar-refractivity contribution >= 4 is 33.0 Å². The van der Waals surface area contributed by atoms with Crippen molar-refractivity contribution < 1.29 is 4.79 Å². The van der Waals surface area contributed by atoms with Gasteiger partial charge in [0, 0.05) is 33.8 Å². The van der Waals surface area contributed by atoms with Crippen molar-refractivity contribution in [3.63, 3.8) is 0 Å². The van der Waals surface area contributed by atoms with Crippen LogP contribution in [0.5, 0.6) is 0 Å². The van der Waals surface area contributed by atoms with Crippen molar-refractivity contribution in [1.29, 1.82) is 0 Å². The second kappa shape index (κ2) is 4.84. The average molecular weight is 326 g/mol. The number of rotatable bonds is 0. The number of halogens is 1. The predicted molar refractivity (Wildman–Crippen MR) is 86.3 cm³/mol. The first-order chi connectivity index (χ1) is 9.63. The maximum absolute atomic E-state index is 12.3. The highest BCUT2D eigenvalue weighted by Crippen LogP contribution is 2.39. The summed E-state index contributed by atoms with van der Waals surface area (Å²) >= 11 is 3.48. The number of carbonyl (C=O) groups excluding carboxylic acids is 1. The van der Waals surface area contributed by atoms with Gasteiger partial charge < -0.3 is 0 Å². The van der Waals surface area contributed by atoms with Gasteiger partial charge in [-0.05, 0) is 23.8 Å². The Kier molecular flexibility index (Phi) is 3.14. The zero-order chi connectivity index (χ0) is 14.3. The molecule has 0 bridgehead atoms. The van der Waals surface area contributed by atoms with Crippen LogP contribution in [0.25, 0.3) is 5.57 Å². The maximum Gasteiger partial charge on any atom is 0.193 e. The highest BCUT2D eigenvalue weighted by molar-refractivity contribution is 9.11. The molecule has 1 aromatic carbocycles. The van der Waals surface area contributed by atoms with Gasteiger partial charge in [0.15, 0.2) is 5.78 Å². The quantitative estimate of drug-likeness (QED) is 0.660. The zero-order valence-corrected chi connectivity index (χ0v) is 12.6. The van der Waals surface area contributed by atoms with Crippen molar-refractivity contribution in [3.05, 3.63) is 75.8 Å². The van der Waals surface area contributed by atoms with E-state index in [-0.39, 0.29) is 5.78 Å². The van der Waals surface area contributed by atoms with Crippen LogP contribution in [0.4, 0.5) is 0 Å². The third-order valence-electron chi connectivity index (χ3n) is 3.49. The molecule has 2 nitrogen and oxygen atoms in total. The first kappa shape index (κ1) is 13.0. The van der Waals surface area contributed by atoms with Crippen LogP contribution >= 0.6 is 15.9 Å². The third kappa shape index (κ3) is 1.86. The molecule has 0 saturated carbocycles. The van der Waals surface area contributed by atoms with E-state index in [0.29, 0.717) is 5.57 Å². The summed E-state index contributed by atoms with van der Waals surface area (Å²) in [6, 6.07) is 7.61. The molecule has 2 aliphatic rings. The highest BCUT2D eigenvalue weighted by Gasteiger charge is 2.30. The average Bonchev–Trinajstić information content (AvgIpc) is 2.71. The number of hydrogen-bond donors (Lipinski definition) is 0. The summed E-state index contributed by atoms with van der Waals surface area (Å²) < 4.78 is 0.956. The molecule has 0 spiro atoms. The predicted octanol–water partition coefficient (Wildman–Crippen LogP) is 4.11. The third-order valence-corrected chi connectivity index (χ3v) is 3.98. The minimum absolute atomic E-state index is 0.00220.